The average Bonchev–Trinajstić information content (AvgIpc) is 3.19. The standard InChI is InChI=1S/C29H23NO9/c1-35-13-3-12-30-27(32)21-10-4-17(14-23(21)28(30)33)29(34)39-20-9-11-22-24(15-20)37-16-25(26(22)31)38-19-7-5-18(36-2)6-8-19/h4-11,14-16H,3,12-13H2,1-2H3. The van der Waals surface area contributed by atoms with Crippen LogP contribution in [0.15, 0.2) is 76.1 Å². The van der Waals surface area contributed by atoms with Gasteiger partial charge in [0.05, 0.1) is 29.2 Å². The smallest absolute Gasteiger partial charge is 0.343 e. The number of hydrogen-bond donors (Lipinski definition) is 0. The molecule has 0 unspecified atom stereocenters. The van der Waals surface area contributed by atoms with Gasteiger partial charge in [0, 0.05) is 26.3 Å². The monoisotopic (exact) mass is 529 g/mol. The van der Waals surface area contributed by atoms with Crippen molar-refractivity contribution in [2.24, 2.45) is 0 Å². The Labute approximate surface area is 222 Å². The summed E-state index contributed by atoms with van der Waals surface area (Å²) in [5.74, 6) is -0.422. The maximum Gasteiger partial charge on any atom is 0.343 e. The molecule has 0 aliphatic carbocycles. The van der Waals surface area contributed by atoms with E-state index in [1.807, 2.05) is 0 Å². The van der Waals surface area contributed by atoms with Gasteiger partial charge in [0.15, 0.2) is 0 Å². The van der Waals surface area contributed by atoms with Crippen molar-refractivity contribution in [2.75, 3.05) is 27.4 Å². The molecule has 2 amide bonds. The summed E-state index contributed by atoms with van der Waals surface area (Å²) in [7, 11) is 3.09. The number of nitrogens with zero attached hydrogens (tertiary/aromatic N) is 1. The number of carbonyl (C=O) groups excluding carboxylic acids is 3. The lowest BCUT2D eigenvalue weighted by molar-refractivity contribution is 0.0638. The quantitative estimate of drug-likeness (QED) is 0.134. The number of imide groups is 1. The SMILES string of the molecule is COCCCN1C(=O)c2ccc(C(=O)Oc3ccc4c(=O)c(Oc5ccc(OC)cc5)coc4c3)cc2C1=O. The van der Waals surface area contributed by atoms with Crippen LogP contribution in [-0.4, -0.2) is 50.1 Å². The van der Waals surface area contributed by atoms with Gasteiger partial charge in [0.2, 0.25) is 11.2 Å². The van der Waals surface area contributed by atoms with Gasteiger partial charge in [0.1, 0.15) is 29.1 Å². The van der Waals surface area contributed by atoms with Crippen molar-refractivity contribution >= 4 is 28.8 Å². The van der Waals surface area contributed by atoms with Gasteiger partial charge in [-0.2, -0.15) is 0 Å². The van der Waals surface area contributed by atoms with Gasteiger partial charge in [-0.3, -0.25) is 19.3 Å². The van der Waals surface area contributed by atoms with E-state index in [1.54, 1.807) is 38.5 Å². The number of fused-ring (bicyclic) bond motifs is 2. The first kappa shape index (κ1) is 25.7. The Morgan fingerprint density at radius 3 is 2.31 bits per heavy atom. The van der Waals surface area contributed by atoms with E-state index in [-0.39, 0.29) is 45.7 Å². The van der Waals surface area contributed by atoms with Gasteiger partial charge in [-0.15, -0.1) is 0 Å². The number of rotatable bonds is 9. The number of esters is 1. The Morgan fingerprint density at radius 1 is 0.846 bits per heavy atom. The zero-order valence-electron chi connectivity index (χ0n) is 21.1. The molecule has 3 aromatic carbocycles. The van der Waals surface area contributed by atoms with E-state index in [9.17, 15) is 19.2 Å². The van der Waals surface area contributed by atoms with Crippen molar-refractivity contribution in [3.8, 4) is 23.0 Å². The number of carbonyl (C=O) groups is 3. The molecule has 0 N–H and O–H groups in total. The number of amides is 2. The number of ether oxygens (including phenoxy) is 4. The molecule has 0 fully saturated rings. The molecule has 4 aromatic rings. The van der Waals surface area contributed by atoms with Gasteiger partial charge >= 0.3 is 5.97 Å². The number of methoxy groups -OCH3 is 2. The van der Waals surface area contributed by atoms with Crippen LogP contribution in [0.2, 0.25) is 0 Å². The van der Waals surface area contributed by atoms with E-state index in [2.05, 4.69) is 0 Å². The predicted molar refractivity (Wildman–Crippen MR) is 139 cm³/mol. The summed E-state index contributed by atoms with van der Waals surface area (Å²) in [6, 6.07) is 15.3. The number of hydrogen-bond acceptors (Lipinski definition) is 9. The van der Waals surface area contributed by atoms with Gasteiger partial charge in [-0.25, -0.2) is 4.79 Å². The lowest BCUT2D eigenvalue weighted by atomic mass is 10.1. The Bertz CT molecular complexity index is 1640. The summed E-state index contributed by atoms with van der Waals surface area (Å²) in [5, 5.41) is 0.232. The van der Waals surface area contributed by atoms with E-state index >= 15 is 0 Å². The zero-order chi connectivity index (χ0) is 27.5. The van der Waals surface area contributed by atoms with Crippen LogP contribution in [0.4, 0.5) is 0 Å². The highest BCUT2D eigenvalue weighted by Crippen LogP contribution is 2.27. The third-order valence-corrected chi connectivity index (χ3v) is 6.15. The van der Waals surface area contributed by atoms with Crippen LogP contribution in [0.25, 0.3) is 11.0 Å². The Hall–Kier alpha value is -4.96. The van der Waals surface area contributed by atoms with Crippen LogP contribution in [0, 0.1) is 0 Å². The molecule has 0 saturated carbocycles. The van der Waals surface area contributed by atoms with E-state index in [0.717, 1.165) is 4.90 Å². The fourth-order valence-corrected chi connectivity index (χ4v) is 4.15. The molecule has 5 rings (SSSR count). The summed E-state index contributed by atoms with van der Waals surface area (Å²) in [5.41, 5.74) is 0.254. The van der Waals surface area contributed by atoms with E-state index in [0.29, 0.717) is 24.5 Å². The first-order chi connectivity index (χ1) is 18.9. The molecule has 198 valence electrons. The molecule has 39 heavy (non-hydrogen) atoms. The summed E-state index contributed by atoms with van der Waals surface area (Å²) in [6.45, 7) is 0.628. The van der Waals surface area contributed by atoms with Gasteiger partial charge in [-0.1, -0.05) is 0 Å². The molecule has 10 nitrogen and oxygen atoms in total. The molecule has 2 heterocycles. The third kappa shape index (κ3) is 5.10. The molecule has 10 heteroatoms. The highest BCUT2D eigenvalue weighted by atomic mass is 16.5. The average molecular weight is 530 g/mol. The first-order valence-electron chi connectivity index (χ1n) is 12.0. The van der Waals surface area contributed by atoms with Crippen LogP contribution in [0.5, 0.6) is 23.0 Å². The van der Waals surface area contributed by atoms with E-state index in [4.69, 9.17) is 23.4 Å². The van der Waals surface area contributed by atoms with Gasteiger partial charge in [-0.05, 0) is 61.0 Å². The lowest BCUT2D eigenvalue weighted by Gasteiger charge is -2.12. The fourth-order valence-electron chi connectivity index (χ4n) is 4.15. The fraction of sp³-hybridized carbons (Fsp3) is 0.172. The van der Waals surface area contributed by atoms with E-state index in [1.165, 1.54) is 42.7 Å². The van der Waals surface area contributed by atoms with E-state index < -0.39 is 23.2 Å². The normalized spacial score (nSPS) is 12.5. The van der Waals surface area contributed by atoms with Crippen LogP contribution >= 0.6 is 0 Å². The van der Waals surface area contributed by atoms with Crippen molar-refractivity contribution in [3.63, 3.8) is 0 Å². The maximum absolute atomic E-state index is 12.9. The molecule has 1 aliphatic heterocycles. The maximum atomic E-state index is 12.9. The van der Waals surface area contributed by atoms with Crippen molar-refractivity contribution in [1.29, 1.82) is 0 Å². The molecular formula is C29H23NO9. The van der Waals surface area contributed by atoms with Crippen molar-refractivity contribution in [3.05, 3.63) is 93.8 Å². The minimum absolute atomic E-state index is 0.00830. The predicted octanol–water partition coefficient (Wildman–Crippen LogP) is 4.45. The molecular weight excluding hydrogens is 506 g/mol. The number of benzene rings is 3. The second-order valence-electron chi connectivity index (χ2n) is 8.62. The van der Waals surface area contributed by atoms with Crippen molar-refractivity contribution in [2.45, 2.75) is 6.42 Å². The third-order valence-electron chi connectivity index (χ3n) is 6.15. The molecule has 1 aliphatic rings. The molecule has 0 spiro atoms. The topological polar surface area (TPSA) is 122 Å². The Kier molecular flexibility index (Phi) is 7.11. The Morgan fingerprint density at radius 2 is 1.56 bits per heavy atom. The van der Waals surface area contributed by atoms with Gasteiger partial charge < -0.3 is 23.4 Å². The highest BCUT2D eigenvalue weighted by Gasteiger charge is 2.35. The first-order valence-corrected chi connectivity index (χ1v) is 12.0. The summed E-state index contributed by atoms with van der Waals surface area (Å²) in [6.07, 6.45) is 1.69. The van der Waals surface area contributed by atoms with Crippen LogP contribution in [0.1, 0.15) is 37.5 Å². The van der Waals surface area contributed by atoms with Crippen molar-refractivity contribution < 1.29 is 37.7 Å². The molecule has 0 radical (unpaired) electrons. The van der Waals surface area contributed by atoms with Gasteiger partial charge in [0.25, 0.3) is 11.8 Å². The lowest BCUT2D eigenvalue weighted by Crippen LogP contribution is -2.31. The summed E-state index contributed by atoms with van der Waals surface area (Å²) in [4.78, 5) is 52.2. The van der Waals surface area contributed by atoms with Crippen LogP contribution in [0.3, 0.4) is 0 Å². The second kappa shape index (κ2) is 10.8. The highest BCUT2D eigenvalue weighted by molar-refractivity contribution is 6.22. The zero-order valence-corrected chi connectivity index (χ0v) is 21.1. The summed E-state index contributed by atoms with van der Waals surface area (Å²) < 4.78 is 26.8. The molecule has 0 bridgehead atoms. The summed E-state index contributed by atoms with van der Waals surface area (Å²) >= 11 is 0. The molecule has 0 atom stereocenters. The Balaban J connectivity index is 1.32. The minimum atomic E-state index is -0.739. The molecule has 1 aromatic heterocycles. The minimum Gasteiger partial charge on any atom is -0.497 e. The second-order valence-corrected chi connectivity index (χ2v) is 8.62. The van der Waals surface area contributed by atoms with Crippen molar-refractivity contribution in [1.82, 2.24) is 4.90 Å². The van der Waals surface area contributed by atoms with Crippen LogP contribution in [-0.2, 0) is 4.74 Å². The van der Waals surface area contributed by atoms with Crippen LogP contribution < -0.4 is 19.6 Å². The largest absolute Gasteiger partial charge is 0.497 e. The molecule has 0 saturated heterocycles.